The number of aryl methyl sites for hydroxylation is 1. The van der Waals surface area contributed by atoms with E-state index in [1.165, 1.54) is 0 Å². The number of nitrogens with one attached hydrogen (secondary N) is 1. The van der Waals surface area contributed by atoms with Gasteiger partial charge >= 0.3 is 0 Å². The summed E-state index contributed by atoms with van der Waals surface area (Å²) in [6.45, 7) is 13.0. The topological polar surface area (TPSA) is 53.5 Å². The van der Waals surface area contributed by atoms with Crippen molar-refractivity contribution in [2.24, 2.45) is 0 Å². The monoisotopic (exact) mass is 464 g/mol. The summed E-state index contributed by atoms with van der Waals surface area (Å²) in [5.74, 6) is 0.0484. The molecule has 1 fully saturated rings. The number of pyridine rings is 1. The number of aromatic amines is 1. The van der Waals surface area contributed by atoms with Crippen molar-refractivity contribution in [3.8, 4) is 5.75 Å². The van der Waals surface area contributed by atoms with E-state index in [2.05, 4.69) is 21.8 Å². The van der Waals surface area contributed by atoms with E-state index in [-0.39, 0.29) is 23.4 Å². The van der Waals surface area contributed by atoms with Crippen LogP contribution in [0.2, 0.25) is 0 Å². The number of likely N-dealkylation sites (N-methyl/N-ethyl adjacent to an activating group) is 1. The molecular weight excluding hydrogens is 431 g/mol. The number of fused-ring (bicyclic) bond motifs is 4. The molecule has 0 radical (unpaired) electrons. The summed E-state index contributed by atoms with van der Waals surface area (Å²) in [6.07, 6.45) is -0.143. The molecule has 0 bridgehead atoms. The average Bonchev–Trinajstić information content (AvgIpc) is 3.13. The molecule has 1 N–H and O–H groups in total. The van der Waals surface area contributed by atoms with E-state index >= 15 is 4.39 Å². The Balaban J connectivity index is 1.92. The minimum Gasteiger partial charge on any atom is -0.489 e. The van der Waals surface area contributed by atoms with Gasteiger partial charge in [0, 0.05) is 43.1 Å². The number of H-pyrrole nitrogens is 1. The van der Waals surface area contributed by atoms with Crippen LogP contribution < -0.4 is 15.1 Å². The van der Waals surface area contributed by atoms with Crippen LogP contribution >= 0.6 is 0 Å². The van der Waals surface area contributed by atoms with E-state index < -0.39 is 0 Å². The SMILES string of the molecule is Cc1ccc2c(c1)[nH]c1c2c(=O)c2cc(OC(C)C)c(N3CCN(C)CC3)c(F)c2n1C(C)C. The van der Waals surface area contributed by atoms with E-state index in [4.69, 9.17) is 4.74 Å². The zero-order valence-electron chi connectivity index (χ0n) is 20.8. The molecule has 0 unspecified atom stereocenters. The first-order valence-electron chi connectivity index (χ1n) is 12.1. The first-order chi connectivity index (χ1) is 16.2. The van der Waals surface area contributed by atoms with Crippen LogP contribution in [-0.2, 0) is 0 Å². The van der Waals surface area contributed by atoms with E-state index in [1.54, 1.807) is 6.07 Å². The number of aromatic nitrogens is 2. The van der Waals surface area contributed by atoms with Gasteiger partial charge in [0.15, 0.2) is 11.2 Å². The Morgan fingerprint density at radius 1 is 1.03 bits per heavy atom. The third kappa shape index (κ3) is 3.54. The number of hydrogen-bond donors (Lipinski definition) is 1. The van der Waals surface area contributed by atoms with Gasteiger partial charge in [-0.15, -0.1) is 0 Å². The summed E-state index contributed by atoms with van der Waals surface area (Å²) >= 11 is 0. The highest BCUT2D eigenvalue weighted by Crippen LogP contribution is 2.40. The Labute approximate surface area is 198 Å². The van der Waals surface area contributed by atoms with Gasteiger partial charge in [-0.25, -0.2) is 4.39 Å². The minimum absolute atomic E-state index is 0.0635. The van der Waals surface area contributed by atoms with Crippen LogP contribution in [0.5, 0.6) is 5.75 Å². The number of benzene rings is 2. The Hall–Kier alpha value is -3.06. The Bertz CT molecular complexity index is 1460. The molecule has 3 heterocycles. The summed E-state index contributed by atoms with van der Waals surface area (Å²) in [5.41, 5.74) is 3.26. The molecule has 0 aliphatic carbocycles. The smallest absolute Gasteiger partial charge is 0.199 e. The van der Waals surface area contributed by atoms with Crippen LogP contribution in [0.3, 0.4) is 0 Å². The highest BCUT2D eigenvalue weighted by molar-refractivity contribution is 6.10. The van der Waals surface area contributed by atoms with Gasteiger partial charge < -0.3 is 24.1 Å². The van der Waals surface area contributed by atoms with Crippen molar-refractivity contribution in [1.29, 1.82) is 0 Å². The molecule has 4 aromatic rings. The summed E-state index contributed by atoms with van der Waals surface area (Å²) in [6, 6.07) is 7.71. The molecule has 5 rings (SSSR count). The number of hydrogen-bond acceptors (Lipinski definition) is 4. The Kier molecular flexibility index (Phi) is 5.55. The molecule has 2 aromatic heterocycles. The van der Waals surface area contributed by atoms with Crippen molar-refractivity contribution in [1.82, 2.24) is 14.5 Å². The molecule has 180 valence electrons. The predicted molar refractivity (Wildman–Crippen MR) is 138 cm³/mol. The standard InChI is InChI=1S/C27H33FN4O2/c1-15(2)32-24-19(26(33)22-18-8-7-17(5)13-20(18)29-27(22)32)14-21(34-16(3)4)25(23(24)28)31-11-9-30(6)10-12-31/h7-8,13-16,29H,9-12H2,1-6H3. The fourth-order valence-corrected chi connectivity index (χ4v) is 5.15. The molecule has 0 spiro atoms. The van der Waals surface area contributed by atoms with E-state index in [1.807, 2.05) is 57.4 Å². The second-order valence-electron chi connectivity index (χ2n) is 10.1. The predicted octanol–water partition coefficient (Wildman–Crippen LogP) is 5.20. The first kappa shape index (κ1) is 22.7. The van der Waals surface area contributed by atoms with E-state index in [9.17, 15) is 4.79 Å². The van der Waals surface area contributed by atoms with Gasteiger partial charge in [-0.1, -0.05) is 12.1 Å². The molecular formula is C27H33FN4O2. The summed E-state index contributed by atoms with van der Waals surface area (Å²) in [7, 11) is 2.07. The summed E-state index contributed by atoms with van der Waals surface area (Å²) < 4.78 is 24.7. The van der Waals surface area contributed by atoms with Crippen molar-refractivity contribution >= 4 is 38.5 Å². The lowest BCUT2D eigenvalue weighted by molar-refractivity contribution is 0.240. The summed E-state index contributed by atoms with van der Waals surface area (Å²) in [5, 5.41) is 1.81. The number of anilines is 1. The maximum atomic E-state index is 16.6. The molecule has 1 saturated heterocycles. The van der Waals surface area contributed by atoms with Gasteiger partial charge in [-0.3, -0.25) is 4.79 Å². The van der Waals surface area contributed by atoms with Crippen LogP contribution in [0, 0.1) is 12.7 Å². The molecule has 2 aromatic carbocycles. The lowest BCUT2D eigenvalue weighted by Gasteiger charge is -2.35. The number of piperazine rings is 1. The molecule has 0 saturated carbocycles. The molecule has 34 heavy (non-hydrogen) atoms. The fraction of sp³-hybridized carbons (Fsp3) is 0.444. The molecule has 1 aliphatic heterocycles. The van der Waals surface area contributed by atoms with Gasteiger partial charge in [-0.2, -0.15) is 0 Å². The molecule has 1 aliphatic rings. The van der Waals surface area contributed by atoms with Crippen LogP contribution in [-0.4, -0.2) is 53.8 Å². The molecule has 0 atom stereocenters. The highest BCUT2D eigenvalue weighted by atomic mass is 19.1. The van der Waals surface area contributed by atoms with E-state index in [0.717, 1.165) is 29.6 Å². The molecule has 7 heteroatoms. The largest absolute Gasteiger partial charge is 0.489 e. The number of rotatable bonds is 4. The highest BCUT2D eigenvalue weighted by Gasteiger charge is 2.28. The average molecular weight is 465 g/mol. The first-order valence-corrected chi connectivity index (χ1v) is 12.1. The van der Waals surface area contributed by atoms with Gasteiger partial charge in [0.05, 0.1) is 22.4 Å². The zero-order valence-corrected chi connectivity index (χ0v) is 20.8. The van der Waals surface area contributed by atoms with Crippen molar-refractivity contribution in [2.75, 3.05) is 38.1 Å². The van der Waals surface area contributed by atoms with Crippen molar-refractivity contribution in [3.05, 3.63) is 45.9 Å². The lowest BCUT2D eigenvalue weighted by atomic mass is 10.1. The van der Waals surface area contributed by atoms with Crippen LogP contribution in [0.25, 0.3) is 32.8 Å². The normalized spacial score (nSPS) is 15.5. The van der Waals surface area contributed by atoms with E-state index in [0.29, 0.717) is 46.5 Å². The second kappa shape index (κ2) is 8.31. The van der Waals surface area contributed by atoms with Gasteiger partial charge in [0.2, 0.25) is 0 Å². The molecule has 6 nitrogen and oxygen atoms in total. The number of halogens is 1. The minimum atomic E-state index is -0.389. The van der Waals surface area contributed by atoms with Crippen LogP contribution in [0.1, 0.15) is 39.3 Å². The lowest BCUT2D eigenvalue weighted by Crippen LogP contribution is -2.45. The maximum Gasteiger partial charge on any atom is 0.199 e. The van der Waals surface area contributed by atoms with Gasteiger partial charge in [0.25, 0.3) is 0 Å². The van der Waals surface area contributed by atoms with Gasteiger partial charge in [-0.05, 0) is 59.4 Å². The number of ether oxygens (including phenoxy) is 1. The maximum absolute atomic E-state index is 16.6. The van der Waals surface area contributed by atoms with Gasteiger partial charge in [0.1, 0.15) is 17.1 Å². The third-order valence-corrected chi connectivity index (χ3v) is 6.77. The summed E-state index contributed by atoms with van der Waals surface area (Å²) in [4.78, 5) is 21.6. The van der Waals surface area contributed by atoms with Crippen molar-refractivity contribution < 1.29 is 9.13 Å². The van der Waals surface area contributed by atoms with Crippen LogP contribution in [0.15, 0.2) is 29.1 Å². The molecule has 0 amide bonds. The van der Waals surface area contributed by atoms with Crippen molar-refractivity contribution in [3.63, 3.8) is 0 Å². The third-order valence-electron chi connectivity index (χ3n) is 6.77. The quantitative estimate of drug-likeness (QED) is 0.451. The second-order valence-corrected chi connectivity index (χ2v) is 10.1. The Morgan fingerprint density at radius 2 is 1.74 bits per heavy atom. The van der Waals surface area contributed by atoms with Crippen LogP contribution in [0.4, 0.5) is 10.1 Å². The number of nitrogens with zero attached hydrogens (tertiary/aromatic N) is 3. The fourth-order valence-electron chi connectivity index (χ4n) is 5.15. The van der Waals surface area contributed by atoms with Crippen molar-refractivity contribution in [2.45, 2.75) is 46.8 Å². The zero-order chi connectivity index (χ0) is 24.3. The Morgan fingerprint density at radius 3 is 2.38 bits per heavy atom.